The van der Waals surface area contributed by atoms with Crippen molar-refractivity contribution < 1.29 is 21.4 Å². The van der Waals surface area contributed by atoms with Crippen molar-refractivity contribution in [2.45, 2.75) is 12.8 Å². The number of hydrogen-bond acceptors (Lipinski definition) is 0. The zero-order valence-electron chi connectivity index (χ0n) is 8.22. The van der Waals surface area contributed by atoms with E-state index in [4.69, 9.17) is 0 Å². The van der Waals surface area contributed by atoms with Gasteiger partial charge in [-0.05, 0) is 34.1 Å². The minimum Gasteiger partial charge on any atom is -1.00 e. The van der Waals surface area contributed by atoms with E-state index in [0.29, 0.717) is 4.47 Å². The van der Waals surface area contributed by atoms with Crippen molar-refractivity contribution in [1.82, 2.24) is 0 Å². The molecule has 1 aromatic rings. The minimum absolute atomic E-state index is 0. The van der Waals surface area contributed by atoms with Crippen LogP contribution in [0.4, 0.5) is 4.39 Å². The van der Waals surface area contributed by atoms with Gasteiger partial charge in [-0.3, -0.25) is 0 Å². The van der Waals surface area contributed by atoms with Gasteiger partial charge in [-0.25, -0.2) is 8.97 Å². The van der Waals surface area contributed by atoms with Crippen LogP contribution < -0.4 is 12.4 Å². The maximum atomic E-state index is 12.9. The van der Waals surface area contributed by atoms with Gasteiger partial charge in [-0.2, -0.15) is 0 Å². The Bertz CT molecular complexity index is 371. The smallest absolute Gasteiger partial charge is 0.170 e. The number of hydrogen-bond donors (Lipinski definition) is 0. The van der Waals surface area contributed by atoms with Gasteiger partial charge in [-0.15, -0.1) is 0 Å². The zero-order chi connectivity index (χ0) is 9.97. The highest BCUT2D eigenvalue weighted by Crippen LogP contribution is 2.16. The predicted molar refractivity (Wildman–Crippen MR) is 58.5 cm³/mol. The zero-order valence-corrected chi connectivity index (χ0v) is 10.6. The van der Waals surface area contributed by atoms with E-state index in [1.54, 1.807) is 6.07 Å². The first-order valence-electron chi connectivity index (χ1n) is 4.80. The van der Waals surface area contributed by atoms with Crippen molar-refractivity contribution in [3.05, 3.63) is 34.1 Å². The first-order valence-corrected chi connectivity index (χ1v) is 5.59. The molecule has 0 bridgehead atoms. The molecule has 0 unspecified atom stereocenters. The number of halogens is 3. The molecule has 0 radical (unpaired) electrons. The second-order valence-corrected chi connectivity index (χ2v) is 4.40. The van der Waals surface area contributed by atoms with E-state index in [9.17, 15) is 4.39 Å². The highest BCUT2D eigenvalue weighted by Gasteiger charge is 2.12. The maximum Gasteiger partial charge on any atom is 0.170 e. The molecular weight excluding hydrogens is 280 g/mol. The summed E-state index contributed by atoms with van der Waals surface area (Å²) in [5.74, 6) is -0.205. The monoisotopic (exact) mass is 291 g/mol. The number of rotatable bonds is 1. The van der Waals surface area contributed by atoms with Crippen LogP contribution in [0.5, 0.6) is 0 Å². The lowest BCUT2D eigenvalue weighted by molar-refractivity contribution is -0.500. The summed E-state index contributed by atoms with van der Waals surface area (Å²) in [5, 5.41) is 0. The second-order valence-electron chi connectivity index (χ2n) is 3.55. The third-order valence-corrected chi connectivity index (χ3v) is 3.02. The number of nitrogens with zero attached hydrogens (tertiary/aromatic N) is 1. The summed E-state index contributed by atoms with van der Waals surface area (Å²) in [4.78, 5) is 0. The molecular formula is C11H12BrClFN. The lowest BCUT2D eigenvalue weighted by atomic mass is 10.2. The summed E-state index contributed by atoms with van der Waals surface area (Å²) in [6.07, 6.45) is 4.62. The van der Waals surface area contributed by atoms with Crippen LogP contribution in [0.1, 0.15) is 18.4 Å². The number of benzene rings is 1. The fourth-order valence-corrected chi connectivity index (χ4v) is 2.07. The molecule has 4 heteroatoms. The average molecular weight is 293 g/mol. The van der Waals surface area contributed by atoms with Crippen molar-refractivity contribution in [1.29, 1.82) is 0 Å². The van der Waals surface area contributed by atoms with Crippen molar-refractivity contribution in [2.24, 2.45) is 0 Å². The molecule has 0 N–H and O–H groups in total. The lowest BCUT2D eigenvalue weighted by Crippen LogP contribution is -3.00. The summed E-state index contributed by atoms with van der Waals surface area (Å²) in [6.45, 7) is 2.24. The van der Waals surface area contributed by atoms with Gasteiger partial charge in [0.2, 0.25) is 0 Å². The molecule has 0 atom stereocenters. The van der Waals surface area contributed by atoms with E-state index in [1.807, 2.05) is 6.07 Å². The molecule has 2 rings (SSSR count). The van der Waals surface area contributed by atoms with Crippen molar-refractivity contribution in [2.75, 3.05) is 13.1 Å². The quantitative estimate of drug-likeness (QED) is 0.632. The molecule has 1 aromatic carbocycles. The maximum absolute atomic E-state index is 12.9. The van der Waals surface area contributed by atoms with E-state index in [-0.39, 0.29) is 18.2 Å². The topological polar surface area (TPSA) is 3.01 Å². The van der Waals surface area contributed by atoms with Crippen LogP contribution in [0.2, 0.25) is 0 Å². The first-order chi connectivity index (χ1) is 6.75. The summed E-state index contributed by atoms with van der Waals surface area (Å²) < 4.78 is 15.7. The van der Waals surface area contributed by atoms with E-state index in [0.717, 1.165) is 18.7 Å². The van der Waals surface area contributed by atoms with Gasteiger partial charge in [0, 0.05) is 18.4 Å². The van der Waals surface area contributed by atoms with Gasteiger partial charge in [0.05, 0.1) is 4.47 Å². The van der Waals surface area contributed by atoms with Crippen molar-refractivity contribution in [3.63, 3.8) is 0 Å². The van der Waals surface area contributed by atoms with Crippen molar-refractivity contribution in [3.8, 4) is 0 Å². The molecule has 1 nitrogen and oxygen atoms in total. The van der Waals surface area contributed by atoms with Crippen LogP contribution in [-0.4, -0.2) is 23.9 Å². The molecule has 1 fully saturated rings. The van der Waals surface area contributed by atoms with Crippen LogP contribution in [0.3, 0.4) is 0 Å². The summed E-state index contributed by atoms with van der Waals surface area (Å²) in [7, 11) is 0. The summed E-state index contributed by atoms with van der Waals surface area (Å²) in [6, 6.07) is 5.11. The van der Waals surface area contributed by atoms with Crippen molar-refractivity contribution >= 4 is 22.1 Å². The largest absolute Gasteiger partial charge is 1.00 e. The third kappa shape index (κ3) is 3.28. The average Bonchev–Trinajstić information content (AvgIpc) is 2.64. The van der Waals surface area contributed by atoms with Crippen LogP contribution in [0.25, 0.3) is 0 Å². The Kier molecular flexibility index (Phi) is 4.74. The summed E-state index contributed by atoms with van der Waals surface area (Å²) >= 11 is 3.18. The Morgan fingerprint density at radius 2 is 1.93 bits per heavy atom. The minimum atomic E-state index is -0.205. The van der Waals surface area contributed by atoms with E-state index in [2.05, 4.69) is 26.7 Å². The Hall–Kier alpha value is -0.410. The normalized spacial score (nSPS) is 14.9. The lowest BCUT2D eigenvalue weighted by Gasteiger charge is -1.96. The van der Waals surface area contributed by atoms with E-state index in [1.165, 1.54) is 18.9 Å². The molecule has 1 saturated heterocycles. The molecule has 15 heavy (non-hydrogen) atoms. The van der Waals surface area contributed by atoms with Gasteiger partial charge >= 0.3 is 0 Å². The van der Waals surface area contributed by atoms with Crippen LogP contribution in [0, 0.1) is 5.82 Å². The Morgan fingerprint density at radius 1 is 1.27 bits per heavy atom. The molecule has 1 aliphatic heterocycles. The van der Waals surface area contributed by atoms with Gasteiger partial charge in [0.1, 0.15) is 18.9 Å². The highest BCUT2D eigenvalue weighted by atomic mass is 79.9. The van der Waals surface area contributed by atoms with Crippen LogP contribution in [-0.2, 0) is 0 Å². The third-order valence-electron chi connectivity index (χ3n) is 2.42. The molecule has 0 aliphatic carbocycles. The molecule has 0 amide bonds. The molecule has 0 saturated carbocycles. The molecule has 0 spiro atoms. The fourth-order valence-electron chi connectivity index (χ4n) is 1.67. The van der Waals surface area contributed by atoms with Crippen LogP contribution >= 0.6 is 15.9 Å². The summed E-state index contributed by atoms with van der Waals surface area (Å²) in [5.41, 5.74) is 1.06. The second kappa shape index (κ2) is 5.61. The molecule has 0 aromatic heterocycles. The van der Waals surface area contributed by atoms with Gasteiger partial charge in [0.15, 0.2) is 6.21 Å². The molecule has 1 aliphatic rings. The first kappa shape index (κ1) is 12.7. The van der Waals surface area contributed by atoms with Gasteiger partial charge < -0.3 is 12.4 Å². The standard InChI is InChI=1S/C11H12BrFN.ClH/c12-10-7-9(3-4-11(10)13)8-14-5-1-2-6-14;/h3-4,7-8H,1-2,5-6H2;1H/q+1;/p-1. The fraction of sp³-hybridized carbons (Fsp3) is 0.364. The van der Waals surface area contributed by atoms with E-state index >= 15 is 0 Å². The SMILES string of the molecule is Fc1ccc(C=[N+]2CCCC2)cc1Br.[Cl-]. The Morgan fingerprint density at radius 3 is 2.53 bits per heavy atom. The van der Waals surface area contributed by atoms with Gasteiger partial charge in [-0.1, -0.05) is 0 Å². The molecule has 82 valence electrons. The van der Waals surface area contributed by atoms with Crippen LogP contribution in [0.15, 0.2) is 22.7 Å². The Balaban J connectivity index is 0.00000112. The van der Waals surface area contributed by atoms with E-state index < -0.39 is 0 Å². The van der Waals surface area contributed by atoms with Gasteiger partial charge in [0.25, 0.3) is 0 Å². The Labute approximate surface area is 104 Å². The molecule has 1 heterocycles. The predicted octanol–water partition coefficient (Wildman–Crippen LogP) is -0.183. The highest BCUT2D eigenvalue weighted by molar-refractivity contribution is 9.10.